The first-order chi connectivity index (χ1) is 15.9. The first kappa shape index (κ1) is 23.2. The summed E-state index contributed by atoms with van der Waals surface area (Å²) in [7, 11) is 2.17. The van der Waals surface area contributed by atoms with Crippen molar-refractivity contribution in [3.63, 3.8) is 0 Å². The normalized spacial score (nSPS) is 16.7. The summed E-state index contributed by atoms with van der Waals surface area (Å²) in [6.07, 6.45) is 4.69. The number of pyridine rings is 1. The molecule has 0 bridgehead atoms. The number of aromatic nitrogens is 3. The van der Waals surface area contributed by atoms with E-state index in [4.69, 9.17) is 10.7 Å². The van der Waals surface area contributed by atoms with Crippen LogP contribution in [0.3, 0.4) is 0 Å². The number of nitrogens with two attached hydrogens (primary N) is 1. The van der Waals surface area contributed by atoms with E-state index in [1.165, 1.54) is 5.69 Å². The van der Waals surface area contributed by atoms with Gasteiger partial charge in [0, 0.05) is 43.6 Å². The van der Waals surface area contributed by atoms with Gasteiger partial charge in [0.25, 0.3) is 0 Å². The van der Waals surface area contributed by atoms with Crippen LogP contribution < -0.4 is 16.0 Å². The zero-order chi connectivity index (χ0) is 23.4. The number of benzene rings is 1. The van der Waals surface area contributed by atoms with Gasteiger partial charge in [-0.3, -0.25) is 4.98 Å². The number of nitrogen functional groups attached to an aromatic ring is 1. The molecule has 0 unspecified atom stereocenters. The molecule has 1 aliphatic rings. The number of likely N-dealkylation sites (N-methyl/N-ethyl adjacent to an activating group) is 1. The first-order valence-electron chi connectivity index (χ1n) is 11.8. The second-order valence-corrected chi connectivity index (χ2v) is 9.30. The Labute approximate surface area is 195 Å². The van der Waals surface area contributed by atoms with Crippen molar-refractivity contribution in [1.82, 2.24) is 19.9 Å². The molecule has 0 spiro atoms. The Morgan fingerprint density at radius 1 is 1.12 bits per heavy atom. The van der Waals surface area contributed by atoms with Crippen molar-refractivity contribution < 1.29 is 5.11 Å². The number of hydrogen-bond donors (Lipinski definition) is 3. The lowest BCUT2D eigenvalue weighted by Gasteiger charge is -2.34. The topological polar surface area (TPSA) is 103 Å². The van der Waals surface area contributed by atoms with E-state index in [1.807, 2.05) is 13.0 Å². The highest BCUT2D eigenvalue weighted by molar-refractivity contribution is 5.91. The van der Waals surface area contributed by atoms with Crippen molar-refractivity contribution in [2.24, 2.45) is 0 Å². The van der Waals surface area contributed by atoms with Gasteiger partial charge in [-0.25, -0.2) is 4.98 Å². The molecule has 4 rings (SSSR count). The van der Waals surface area contributed by atoms with Crippen molar-refractivity contribution in [3.05, 3.63) is 36.5 Å². The van der Waals surface area contributed by atoms with Crippen LogP contribution in [0.1, 0.15) is 33.1 Å². The van der Waals surface area contributed by atoms with Gasteiger partial charge in [-0.15, -0.1) is 0 Å². The molecule has 3 heterocycles. The number of rotatable bonds is 8. The molecular weight excluding hydrogens is 414 g/mol. The van der Waals surface area contributed by atoms with Crippen molar-refractivity contribution in [2.45, 2.75) is 38.6 Å². The molecular formula is C25H35N7O. The minimum absolute atomic E-state index is 0.00354. The summed E-state index contributed by atoms with van der Waals surface area (Å²) >= 11 is 0. The highest BCUT2D eigenvalue weighted by Crippen LogP contribution is 2.29. The maximum atomic E-state index is 9.98. The predicted molar refractivity (Wildman–Crippen MR) is 136 cm³/mol. The average molecular weight is 450 g/mol. The molecule has 1 aliphatic heterocycles. The van der Waals surface area contributed by atoms with Crippen molar-refractivity contribution in [1.29, 1.82) is 0 Å². The zero-order valence-electron chi connectivity index (χ0n) is 19.9. The lowest BCUT2D eigenvalue weighted by molar-refractivity contribution is 0.212. The highest BCUT2D eigenvalue weighted by Gasteiger charge is 2.24. The summed E-state index contributed by atoms with van der Waals surface area (Å²) in [5.74, 6) is 0.804. The Hall–Kier alpha value is -2.97. The van der Waals surface area contributed by atoms with E-state index in [-0.39, 0.29) is 12.6 Å². The van der Waals surface area contributed by atoms with E-state index in [2.05, 4.69) is 63.3 Å². The zero-order valence-corrected chi connectivity index (χ0v) is 19.9. The van der Waals surface area contributed by atoms with E-state index in [0.29, 0.717) is 5.82 Å². The Kier molecular flexibility index (Phi) is 6.95. The van der Waals surface area contributed by atoms with Crippen LogP contribution >= 0.6 is 0 Å². The molecule has 1 fully saturated rings. The molecule has 0 aliphatic carbocycles. The molecule has 2 aromatic heterocycles. The maximum Gasteiger partial charge on any atom is 0.222 e. The number of anilines is 3. The van der Waals surface area contributed by atoms with Gasteiger partial charge < -0.3 is 26.0 Å². The smallest absolute Gasteiger partial charge is 0.222 e. The number of unbranched alkanes of at least 4 members (excludes halogenated alkanes) is 1. The minimum Gasteiger partial charge on any atom is -0.394 e. The van der Waals surface area contributed by atoms with E-state index in [9.17, 15) is 5.11 Å². The van der Waals surface area contributed by atoms with Crippen LogP contribution in [0.15, 0.2) is 36.5 Å². The van der Waals surface area contributed by atoms with E-state index in [0.717, 1.165) is 67.6 Å². The van der Waals surface area contributed by atoms with Crippen molar-refractivity contribution >= 4 is 28.4 Å². The third-order valence-electron chi connectivity index (χ3n) is 6.48. The second-order valence-electron chi connectivity index (χ2n) is 9.30. The van der Waals surface area contributed by atoms with E-state index < -0.39 is 5.54 Å². The average Bonchev–Trinajstić information content (AvgIpc) is 2.83. The van der Waals surface area contributed by atoms with Crippen LogP contribution in [0.2, 0.25) is 0 Å². The van der Waals surface area contributed by atoms with Gasteiger partial charge in [0.15, 0.2) is 0 Å². The summed E-state index contributed by atoms with van der Waals surface area (Å²) in [6.45, 7) is 8.39. The second kappa shape index (κ2) is 9.89. The molecule has 0 radical (unpaired) electrons. The molecule has 176 valence electrons. The summed E-state index contributed by atoms with van der Waals surface area (Å²) in [5, 5.41) is 14.2. The van der Waals surface area contributed by atoms with Crippen LogP contribution in [-0.2, 0) is 0 Å². The predicted octanol–water partition coefficient (Wildman–Crippen LogP) is 3.38. The minimum atomic E-state index is -0.485. The van der Waals surface area contributed by atoms with Crippen LogP contribution in [-0.4, -0.2) is 70.3 Å². The molecule has 3 aromatic rings. The lowest BCUT2D eigenvalue weighted by Crippen LogP contribution is -2.44. The number of aliphatic hydroxyl groups excluding tert-OH is 1. The molecule has 1 atom stereocenters. The molecule has 0 amide bonds. The van der Waals surface area contributed by atoms with Gasteiger partial charge in [-0.2, -0.15) is 4.98 Å². The van der Waals surface area contributed by atoms with Gasteiger partial charge in [0.2, 0.25) is 5.95 Å². The highest BCUT2D eigenvalue weighted by atomic mass is 16.3. The van der Waals surface area contributed by atoms with Gasteiger partial charge in [0.05, 0.1) is 28.7 Å². The van der Waals surface area contributed by atoms with Gasteiger partial charge in [-0.1, -0.05) is 31.9 Å². The fourth-order valence-corrected chi connectivity index (χ4v) is 4.24. The third kappa shape index (κ3) is 5.34. The van der Waals surface area contributed by atoms with Crippen molar-refractivity contribution in [2.75, 3.05) is 55.8 Å². The van der Waals surface area contributed by atoms with Gasteiger partial charge >= 0.3 is 0 Å². The Morgan fingerprint density at radius 2 is 1.85 bits per heavy atom. The van der Waals surface area contributed by atoms with Crippen LogP contribution in [0, 0.1) is 0 Å². The molecule has 8 heteroatoms. The van der Waals surface area contributed by atoms with E-state index in [1.54, 1.807) is 6.20 Å². The molecule has 33 heavy (non-hydrogen) atoms. The van der Waals surface area contributed by atoms with Gasteiger partial charge in [-0.05, 0) is 38.6 Å². The summed E-state index contributed by atoms with van der Waals surface area (Å²) in [4.78, 5) is 18.3. The van der Waals surface area contributed by atoms with Crippen molar-refractivity contribution in [3.8, 4) is 11.3 Å². The van der Waals surface area contributed by atoms with Gasteiger partial charge in [0.1, 0.15) is 5.82 Å². The van der Waals surface area contributed by atoms with E-state index >= 15 is 0 Å². The number of nitrogens with zero attached hydrogens (tertiary/aromatic N) is 5. The Morgan fingerprint density at radius 3 is 2.52 bits per heavy atom. The van der Waals surface area contributed by atoms with Crippen LogP contribution in [0.25, 0.3) is 22.2 Å². The Balaban J connectivity index is 1.59. The number of hydrogen-bond acceptors (Lipinski definition) is 8. The number of nitrogens with one attached hydrogen (secondary N) is 1. The fourth-order valence-electron chi connectivity index (χ4n) is 4.24. The molecule has 1 aromatic carbocycles. The summed E-state index contributed by atoms with van der Waals surface area (Å²) in [6, 6.07) is 10.5. The first-order valence-corrected chi connectivity index (χ1v) is 11.8. The Bertz CT molecular complexity index is 1080. The number of aliphatic hydroxyl groups is 1. The molecule has 8 nitrogen and oxygen atoms in total. The molecule has 4 N–H and O–H groups in total. The largest absolute Gasteiger partial charge is 0.394 e. The standard InChI is InChI=1S/C25H35N7O/c1-4-5-10-25(2,17-33)30-23-20-16-27-21(15-22(20)28-24(26)29-23)18-6-8-19(9-7-18)32-13-11-31(3)12-14-32/h6-9,15-16,33H,4-5,10-14,17H2,1-3H3,(H3,26,28,29,30)/t25-/m1/s1. The fraction of sp³-hybridized carbons (Fsp3) is 0.480. The summed E-state index contributed by atoms with van der Waals surface area (Å²) < 4.78 is 0. The molecule has 0 saturated carbocycles. The monoisotopic (exact) mass is 449 g/mol. The molecule has 1 saturated heterocycles. The maximum absolute atomic E-state index is 9.98. The number of fused-ring (bicyclic) bond motifs is 1. The summed E-state index contributed by atoms with van der Waals surface area (Å²) in [5.41, 5.74) is 9.39. The van der Waals surface area contributed by atoms with Crippen LogP contribution in [0.5, 0.6) is 0 Å². The number of piperazine rings is 1. The lowest BCUT2D eigenvalue weighted by atomic mass is 9.95. The quantitative estimate of drug-likeness (QED) is 0.481. The third-order valence-corrected chi connectivity index (χ3v) is 6.48. The SMILES string of the molecule is CCCC[C@](C)(CO)Nc1nc(N)nc2cc(-c3ccc(N4CCN(C)CC4)cc3)ncc12. The van der Waals surface area contributed by atoms with Crippen LogP contribution in [0.4, 0.5) is 17.5 Å².